The molecule has 2 aromatic rings. The van der Waals surface area contributed by atoms with Gasteiger partial charge in [0.15, 0.2) is 0 Å². The van der Waals surface area contributed by atoms with Gasteiger partial charge >= 0.3 is 0 Å². The van der Waals surface area contributed by atoms with Gasteiger partial charge in [-0.1, -0.05) is 37.3 Å². The molecule has 0 spiro atoms. The summed E-state index contributed by atoms with van der Waals surface area (Å²) in [5.74, 6) is -0.235. The topological polar surface area (TPSA) is 75.3 Å². The summed E-state index contributed by atoms with van der Waals surface area (Å²) in [4.78, 5) is 12.6. The molecule has 0 radical (unpaired) electrons. The average Bonchev–Trinajstić information content (AvgIpc) is 2.55. The average molecular weight is 360 g/mol. The molecule has 6 heteroatoms. The van der Waals surface area contributed by atoms with Crippen LogP contribution in [-0.4, -0.2) is 20.6 Å². The third-order valence-corrected chi connectivity index (χ3v) is 4.70. The number of benzene rings is 2. The lowest BCUT2D eigenvalue weighted by Gasteiger charge is -2.17. The van der Waals surface area contributed by atoms with E-state index in [2.05, 4.69) is 29.1 Å². The molecule has 1 amide bonds. The van der Waals surface area contributed by atoms with Gasteiger partial charge in [0, 0.05) is 5.56 Å². The first-order chi connectivity index (χ1) is 11.7. The largest absolute Gasteiger partial charge is 0.346 e. The molecule has 0 saturated carbocycles. The minimum atomic E-state index is -3.40. The van der Waals surface area contributed by atoms with Gasteiger partial charge in [0.2, 0.25) is 10.0 Å². The number of aryl methyl sites for hydroxylation is 1. The van der Waals surface area contributed by atoms with E-state index in [4.69, 9.17) is 0 Å². The Kier molecular flexibility index (Phi) is 5.85. The van der Waals surface area contributed by atoms with Gasteiger partial charge in [-0.3, -0.25) is 9.52 Å². The highest BCUT2D eigenvalue weighted by Crippen LogP contribution is 2.21. The van der Waals surface area contributed by atoms with Crippen LogP contribution in [-0.2, 0) is 16.4 Å². The molecule has 25 heavy (non-hydrogen) atoms. The fraction of sp³-hybridized carbons (Fsp3) is 0.316. The number of carbonyl (C=O) groups excluding carboxylic acids is 1. The molecule has 0 fully saturated rings. The lowest BCUT2D eigenvalue weighted by Crippen LogP contribution is -2.27. The van der Waals surface area contributed by atoms with E-state index in [0.29, 0.717) is 16.8 Å². The Bertz CT molecular complexity index is 859. The molecule has 0 aromatic heterocycles. The molecular weight excluding hydrogens is 336 g/mol. The van der Waals surface area contributed by atoms with E-state index < -0.39 is 10.0 Å². The number of nitrogens with one attached hydrogen (secondary N) is 2. The second-order valence-corrected chi connectivity index (χ2v) is 7.89. The minimum Gasteiger partial charge on any atom is -0.346 e. The molecule has 0 aliphatic rings. The third kappa shape index (κ3) is 5.06. The monoisotopic (exact) mass is 360 g/mol. The van der Waals surface area contributed by atoms with Crippen molar-refractivity contribution in [3.05, 3.63) is 64.7 Å². The standard InChI is InChI=1S/C19H24N2O3S/c1-5-15-9-11-16(12-10-15)14(3)20-19(22)17-7-6-8-18(13(17)2)21-25(4,23)24/h6-12,14,21H,5H2,1-4H3,(H,20,22). The van der Waals surface area contributed by atoms with E-state index in [-0.39, 0.29) is 11.9 Å². The van der Waals surface area contributed by atoms with Crippen molar-refractivity contribution in [1.82, 2.24) is 5.32 Å². The first-order valence-corrected chi connectivity index (χ1v) is 10.1. The number of hydrogen-bond acceptors (Lipinski definition) is 3. The molecule has 2 rings (SSSR count). The molecule has 0 aliphatic heterocycles. The SMILES string of the molecule is CCc1ccc(C(C)NC(=O)c2cccc(NS(C)(=O)=O)c2C)cc1. The molecule has 0 saturated heterocycles. The predicted octanol–water partition coefficient (Wildman–Crippen LogP) is 3.42. The maximum atomic E-state index is 12.6. The Hall–Kier alpha value is -2.34. The summed E-state index contributed by atoms with van der Waals surface area (Å²) in [6.07, 6.45) is 2.06. The first-order valence-electron chi connectivity index (χ1n) is 8.18. The van der Waals surface area contributed by atoms with E-state index in [1.165, 1.54) is 5.56 Å². The van der Waals surface area contributed by atoms with Crippen LogP contribution < -0.4 is 10.0 Å². The molecule has 0 heterocycles. The maximum Gasteiger partial charge on any atom is 0.252 e. The number of hydrogen-bond donors (Lipinski definition) is 2. The maximum absolute atomic E-state index is 12.6. The van der Waals surface area contributed by atoms with Gasteiger partial charge in [0.05, 0.1) is 18.0 Å². The van der Waals surface area contributed by atoms with Crippen LogP contribution in [0.1, 0.15) is 46.9 Å². The predicted molar refractivity (Wildman–Crippen MR) is 101 cm³/mol. The zero-order chi connectivity index (χ0) is 18.6. The Morgan fingerprint density at radius 1 is 1.12 bits per heavy atom. The van der Waals surface area contributed by atoms with Crippen LogP contribution in [0.4, 0.5) is 5.69 Å². The number of anilines is 1. The Balaban J connectivity index is 2.18. The summed E-state index contributed by atoms with van der Waals surface area (Å²) in [5.41, 5.74) is 3.73. The Morgan fingerprint density at radius 2 is 1.76 bits per heavy atom. The van der Waals surface area contributed by atoms with Crippen LogP contribution in [0.2, 0.25) is 0 Å². The Morgan fingerprint density at radius 3 is 2.32 bits per heavy atom. The summed E-state index contributed by atoms with van der Waals surface area (Å²) in [7, 11) is -3.40. The molecule has 0 bridgehead atoms. The van der Waals surface area contributed by atoms with Gasteiger partial charge in [-0.25, -0.2) is 8.42 Å². The fourth-order valence-corrected chi connectivity index (χ4v) is 3.21. The number of carbonyl (C=O) groups is 1. The van der Waals surface area contributed by atoms with Crippen molar-refractivity contribution in [2.24, 2.45) is 0 Å². The molecule has 2 aromatic carbocycles. The van der Waals surface area contributed by atoms with Crippen LogP contribution in [0.25, 0.3) is 0 Å². The van der Waals surface area contributed by atoms with E-state index in [9.17, 15) is 13.2 Å². The summed E-state index contributed by atoms with van der Waals surface area (Å²) in [5, 5.41) is 2.96. The van der Waals surface area contributed by atoms with E-state index >= 15 is 0 Å². The van der Waals surface area contributed by atoms with Crippen molar-refractivity contribution < 1.29 is 13.2 Å². The Labute approximate surface area is 149 Å². The first kappa shape index (κ1) is 19.0. The van der Waals surface area contributed by atoms with Crippen LogP contribution in [0.5, 0.6) is 0 Å². The smallest absolute Gasteiger partial charge is 0.252 e. The summed E-state index contributed by atoms with van der Waals surface area (Å²) < 4.78 is 25.3. The zero-order valence-corrected chi connectivity index (χ0v) is 15.8. The lowest BCUT2D eigenvalue weighted by atomic mass is 10.0. The van der Waals surface area contributed by atoms with Crippen molar-refractivity contribution in [2.75, 3.05) is 11.0 Å². The normalized spacial score (nSPS) is 12.5. The third-order valence-electron chi connectivity index (χ3n) is 4.11. The van der Waals surface area contributed by atoms with Gasteiger partial charge < -0.3 is 5.32 Å². The molecule has 1 unspecified atom stereocenters. The minimum absolute atomic E-state index is 0.149. The lowest BCUT2D eigenvalue weighted by molar-refractivity contribution is 0.0939. The van der Waals surface area contributed by atoms with E-state index in [1.54, 1.807) is 25.1 Å². The molecule has 2 N–H and O–H groups in total. The molecule has 134 valence electrons. The van der Waals surface area contributed by atoms with Crippen LogP contribution >= 0.6 is 0 Å². The highest BCUT2D eigenvalue weighted by Gasteiger charge is 2.16. The zero-order valence-electron chi connectivity index (χ0n) is 15.0. The second-order valence-electron chi connectivity index (χ2n) is 6.14. The highest BCUT2D eigenvalue weighted by atomic mass is 32.2. The second kappa shape index (κ2) is 7.70. The van der Waals surface area contributed by atoms with Gasteiger partial charge in [-0.15, -0.1) is 0 Å². The van der Waals surface area contributed by atoms with Crippen molar-refractivity contribution in [3.63, 3.8) is 0 Å². The van der Waals surface area contributed by atoms with Gasteiger partial charge in [-0.05, 0) is 49.1 Å². The van der Waals surface area contributed by atoms with E-state index in [0.717, 1.165) is 18.2 Å². The van der Waals surface area contributed by atoms with Gasteiger partial charge in [0.1, 0.15) is 0 Å². The van der Waals surface area contributed by atoms with Crippen LogP contribution in [0.15, 0.2) is 42.5 Å². The van der Waals surface area contributed by atoms with Crippen LogP contribution in [0.3, 0.4) is 0 Å². The number of rotatable bonds is 6. The quantitative estimate of drug-likeness (QED) is 0.829. The van der Waals surface area contributed by atoms with Crippen molar-refractivity contribution in [3.8, 4) is 0 Å². The molecule has 0 aliphatic carbocycles. The van der Waals surface area contributed by atoms with E-state index in [1.807, 2.05) is 19.1 Å². The summed E-state index contributed by atoms with van der Waals surface area (Å²) >= 11 is 0. The van der Waals surface area contributed by atoms with Crippen molar-refractivity contribution in [2.45, 2.75) is 33.2 Å². The molecule has 1 atom stereocenters. The van der Waals surface area contributed by atoms with Crippen LogP contribution in [0, 0.1) is 6.92 Å². The highest BCUT2D eigenvalue weighted by molar-refractivity contribution is 7.92. The van der Waals surface area contributed by atoms with Crippen molar-refractivity contribution in [1.29, 1.82) is 0 Å². The summed E-state index contributed by atoms with van der Waals surface area (Å²) in [6, 6.07) is 13.0. The number of amides is 1. The van der Waals surface area contributed by atoms with Crippen molar-refractivity contribution >= 4 is 21.6 Å². The molecular formula is C19H24N2O3S. The number of sulfonamides is 1. The summed E-state index contributed by atoms with van der Waals surface area (Å²) in [6.45, 7) is 5.75. The van der Waals surface area contributed by atoms with Gasteiger partial charge in [0.25, 0.3) is 5.91 Å². The fourth-order valence-electron chi connectivity index (χ4n) is 2.59. The molecule has 5 nitrogen and oxygen atoms in total. The van der Waals surface area contributed by atoms with Gasteiger partial charge in [-0.2, -0.15) is 0 Å².